The van der Waals surface area contributed by atoms with Gasteiger partial charge in [0.1, 0.15) is 5.69 Å². The van der Waals surface area contributed by atoms with Crippen molar-refractivity contribution >= 4 is 5.97 Å². The van der Waals surface area contributed by atoms with Crippen molar-refractivity contribution in [2.45, 2.75) is 0 Å². The fourth-order valence-corrected chi connectivity index (χ4v) is 0.489. The molecule has 0 aliphatic heterocycles. The summed E-state index contributed by atoms with van der Waals surface area (Å²) in [6.45, 7) is 0. The summed E-state index contributed by atoms with van der Waals surface area (Å²) in [6.07, 6.45) is 1.45. The molecule has 0 atom stereocenters. The molecule has 1 aromatic rings. The second kappa shape index (κ2) is 6.57. The Bertz CT molecular complexity index is 215. The van der Waals surface area contributed by atoms with E-state index < -0.39 is 5.97 Å². The quantitative estimate of drug-likeness (QED) is 0.753. The van der Waals surface area contributed by atoms with Crippen LogP contribution in [0.25, 0.3) is 0 Å². The molecule has 0 aliphatic carbocycles. The molecule has 0 bridgehead atoms. The Morgan fingerprint density at radius 2 is 2.00 bits per heavy atom. The van der Waals surface area contributed by atoms with Gasteiger partial charge in [0.25, 0.3) is 0 Å². The summed E-state index contributed by atoms with van der Waals surface area (Å²) in [5, 5.41) is 8.32. The van der Waals surface area contributed by atoms with E-state index in [0.29, 0.717) is 0 Å². The second-order valence-corrected chi connectivity index (χ2v) is 1.52. The van der Waals surface area contributed by atoms with E-state index in [-0.39, 0.29) is 44.6 Å². The Hall–Kier alpha value is -0.133. The Labute approximate surface area is 89.7 Å². The number of carboxylic acid groups (broad SMARTS) is 1. The third-order valence-corrected chi connectivity index (χ3v) is 0.884. The van der Waals surface area contributed by atoms with Crippen molar-refractivity contribution in [1.29, 1.82) is 0 Å². The van der Waals surface area contributed by atoms with Crippen LogP contribution in [0.5, 0.6) is 0 Å². The Balaban J connectivity index is 0. The molecule has 0 unspecified atom stereocenters. The van der Waals surface area contributed by atoms with Gasteiger partial charge in [-0.15, -0.1) is 0 Å². The summed E-state index contributed by atoms with van der Waals surface area (Å²) in [5.41, 5.74) is 0.0810. The van der Waals surface area contributed by atoms with Gasteiger partial charge in [0, 0.05) is 45.2 Å². The molecule has 5 heteroatoms. The maximum Gasteiger partial charge on any atom is 0.354 e. The Morgan fingerprint density at radius 1 is 1.36 bits per heavy atom. The fraction of sp³-hybridized carbons (Fsp3) is 0. The minimum Gasteiger partial charge on any atom is -0.477 e. The number of aromatic carboxylic acids is 1. The van der Waals surface area contributed by atoms with E-state index in [1.165, 1.54) is 12.3 Å². The minimum absolute atomic E-state index is 0. The number of carboxylic acids is 1. The van der Waals surface area contributed by atoms with E-state index >= 15 is 0 Å². The molecule has 0 amide bonds. The van der Waals surface area contributed by atoms with Crippen LogP contribution in [-0.2, 0) is 39.0 Å². The van der Waals surface area contributed by atoms with Crippen LogP contribution >= 0.6 is 0 Å². The molecule has 0 spiro atoms. The van der Waals surface area contributed by atoms with E-state index in [9.17, 15) is 4.79 Å². The maximum atomic E-state index is 10.1. The molecule has 1 rings (SSSR count). The summed E-state index contributed by atoms with van der Waals surface area (Å²) in [7, 11) is 0. The molecule has 0 fully saturated rings. The topological polar surface area (TPSA) is 50.2 Å². The molecule has 1 N–H and O–H groups in total. The molecule has 1 heterocycles. The first-order chi connectivity index (χ1) is 4.30. The van der Waals surface area contributed by atoms with Gasteiger partial charge < -0.3 is 5.11 Å². The number of carbonyl (C=O) groups is 1. The Morgan fingerprint density at radius 3 is 2.27 bits per heavy atom. The average molecular weight is 254 g/mol. The zero-order valence-corrected chi connectivity index (χ0v) is 12.0. The van der Waals surface area contributed by atoms with Gasteiger partial charge in [0.05, 0.1) is 0 Å². The van der Waals surface area contributed by atoms with Crippen molar-refractivity contribution in [3.8, 4) is 0 Å². The van der Waals surface area contributed by atoms with Crippen LogP contribution < -0.4 is 0 Å². The number of aromatic nitrogens is 1. The Kier molecular flexibility index (Phi) is 8.04. The fourth-order valence-electron chi connectivity index (χ4n) is 0.489. The van der Waals surface area contributed by atoms with Gasteiger partial charge in [-0.25, -0.2) is 9.78 Å². The van der Waals surface area contributed by atoms with Gasteiger partial charge in [-0.2, -0.15) is 0 Å². The van der Waals surface area contributed by atoms with Crippen LogP contribution in [0.15, 0.2) is 24.4 Å². The molecule has 3 nitrogen and oxygen atoms in total. The molecular formula is C6H5NO2Zn2. The standard InChI is InChI=1S/C6H5NO2.2Zn/c8-6(9)5-3-1-2-4-7-5;;/h1-4H,(H,8,9);;. The van der Waals surface area contributed by atoms with Crippen molar-refractivity contribution in [3.63, 3.8) is 0 Å². The van der Waals surface area contributed by atoms with Gasteiger partial charge in [-0.1, -0.05) is 6.07 Å². The molecule has 1 aromatic heterocycles. The largest absolute Gasteiger partial charge is 0.477 e. The van der Waals surface area contributed by atoms with Crippen molar-refractivity contribution in [2.24, 2.45) is 0 Å². The number of nitrogens with zero attached hydrogens (tertiary/aromatic N) is 1. The first-order valence-electron chi connectivity index (χ1n) is 2.45. The molecule has 0 saturated heterocycles. The van der Waals surface area contributed by atoms with Crippen molar-refractivity contribution < 1.29 is 48.9 Å². The van der Waals surface area contributed by atoms with Crippen LogP contribution in [0.4, 0.5) is 0 Å². The van der Waals surface area contributed by atoms with E-state index in [1.54, 1.807) is 12.1 Å². The smallest absolute Gasteiger partial charge is 0.354 e. The van der Waals surface area contributed by atoms with E-state index in [0.717, 1.165) is 0 Å². The average Bonchev–Trinajstić information content (AvgIpc) is 1.90. The summed E-state index contributed by atoms with van der Waals surface area (Å²) in [6, 6.07) is 4.76. The van der Waals surface area contributed by atoms with Crippen LogP contribution in [0.2, 0.25) is 0 Å². The molecule has 0 saturated carbocycles. The third-order valence-electron chi connectivity index (χ3n) is 0.884. The molecule has 11 heavy (non-hydrogen) atoms. The van der Waals surface area contributed by atoms with Gasteiger partial charge in [-0.3, -0.25) is 0 Å². The minimum atomic E-state index is -0.990. The summed E-state index contributed by atoms with van der Waals surface area (Å²) >= 11 is 0. The molecule has 0 aliphatic rings. The van der Waals surface area contributed by atoms with E-state index in [4.69, 9.17) is 5.11 Å². The van der Waals surface area contributed by atoms with Crippen LogP contribution in [0.1, 0.15) is 10.5 Å². The predicted molar refractivity (Wildman–Crippen MR) is 31.2 cm³/mol. The first-order valence-corrected chi connectivity index (χ1v) is 2.45. The number of hydrogen-bond donors (Lipinski definition) is 1. The molecule has 50 valence electrons. The molecule has 0 radical (unpaired) electrons. The van der Waals surface area contributed by atoms with Crippen LogP contribution in [-0.4, -0.2) is 16.1 Å². The van der Waals surface area contributed by atoms with Crippen molar-refractivity contribution in [2.75, 3.05) is 0 Å². The van der Waals surface area contributed by atoms with Crippen LogP contribution in [0, 0.1) is 0 Å². The first kappa shape index (κ1) is 13.5. The number of pyridine rings is 1. The second-order valence-electron chi connectivity index (χ2n) is 1.52. The van der Waals surface area contributed by atoms with Crippen molar-refractivity contribution in [3.05, 3.63) is 30.1 Å². The zero-order chi connectivity index (χ0) is 6.69. The van der Waals surface area contributed by atoms with Gasteiger partial charge in [0.15, 0.2) is 0 Å². The number of hydrogen-bond acceptors (Lipinski definition) is 2. The maximum absolute atomic E-state index is 10.1. The monoisotopic (exact) mass is 251 g/mol. The van der Waals surface area contributed by atoms with Gasteiger partial charge in [-0.05, 0) is 12.1 Å². The normalized spacial score (nSPS) is 7.27. The molecular weight excluding hydrogens is 249 g/mol. The van der Waals surface area contributed by atoms with E-state index in [2.05, 4.69) is 4.98 Å². The SMILES string of the molecule is O=C(O)c1ccccn1.[Zn].[Zn]. The van der Waals surface area contributed by atoms with Crippen LogP contribution in [0.3, 0.4) is 0 Å². The number of rotatable bonds is 1. The molecule has 0 aromatic carbocycles. The summed E-state index contributed by atoms with van der Waals surface area (Å²) < 4.78 is 0. The van der Waals surface area contributed by atoms with Gasteiger partial charge in [0.2, 0.25) is 0 Å². The summed E-state index contributed by atoms with van der Waals surface area (Å²) in [4.78, 5) is 13.7. The summed E-state index contributed by atoms with van der Waals surface area (Å²) in [5.74, 6) is -0.990. The van der Waals surface area contributed by atoms with E-state index in [1.807, 2.05) is 0 Å². The zero-order valence-electron chi connectivity index (χ0n) is 6.03. The predicted octanol–water partition coefficient (Wildman–Crippen LogP) is 0.775. The van der Waals surface area contributed by atoms with Crippen molar-refractivity contribution in [1.82, 2.24) is 4.98 Å². The van der Waals surface area contributed by atoms with Gasteiger partial charge >= 0.3 is 5.97 Å². The third kappa shape index (κ3) is 4.34.